The molecule has 2 aromatic heterocycles. The highest BCUT2D eigenvalue weighted by atomic mass is 35.5. The average molecular weight is 508 g/mol. The van der Waals surface area contributed by atoms with Crippen LogP contribution in [0.15, 0.2) is 65.5 Å². The van der Waals surface area contributed by atoms with Gasteiger partial charge in [-0.3, -0.25) is 14.5 Å². The molecule has 9 heteroatoms. The number of carbonyl (C=O) groups is 1. The van der Waals surface area contributed by atoms with Crippen molar-refractivity contribution in [1.82, 2.24) is 24.4 Å². The van der Waals surface area contributed by atoms with Gasteiger partial charge in [-0.15, -0.1) is 0 Å². The van der Waals surface area contributed by atoms with Crippen molar-refractivity contribution in [3.8, 4) is 10.6 Å². The quantitative estimate of drug-likeness (QED) is 0.389. The summed E-state index contributed by atoms with van der Waals surface area (Å²) >= 11 is 7.66. The van der Waals surface area contributed by atoms with Crippen LogP contribution in [0.3, 0.4) is 0 Å². The van der Waals surface area contributed by atoms with Crippen LogP contribution in [0.1, 0.15) is 30.5 Å². The largest absolute Gasteiger partial charge is 0.340 e. The first-order chi connectivity index (χ1) is 17.0. The van der Waals surface area contributed by atoms with Crippen LogP contribution in [0.4, 0.5) is 0 Å². The Morgan fingerprint density at radius 3 is 2.49 bits per heavy atom. The van der Waals surface area contributed by atoms with Crippen LogP contribution < -0.4 is 5.56 Å². The van der Waals surface area contributed by atoms with Gasteiger partial charge in [-0.1, -0.05) is 78.4 Å². The SMILES string of the molecule is CC[C@H](C(=O)N1CCN(Cc2cc(=O)n3nc(-c4ccccc4Cl)sc3n2)CC1)c1ccccc1. The monoisotopic (exact) mass is 507 g/mol. The second-order valence-corrected chi connectivity index (χ2v) is 10.0. The average Bonchev–Trinajstić information content (AvgIpc) is 3.30. The number of halogens is 1. The number of hydrogen-bond acceptors (Lipinski definition) is 6. The molecule has 0 aliphatic carbocycles. The lowest BCUT2D eigenvalue weighted by Gasteiger charge is -2.36. The molecule has 3 heterocycles. The van der Waals surface area contributed by atoms with Crippen molar-refractivity contribution in [3.63, 3.8) is 0 Å². The Labute approximate surface area is 212 Å². The van der Waals surface area contributed by atoms with Crippen LogP contribution in [0.25, 0.3) is 15.5 Å². The van der Waals surface area contributed by atoms with Gasteiger partial charge in [-0.25, -0.2) is 4.98 Å². The summed E-state index contributed by atoms with van der Waals surface area (Å²) in [5, 5.41) is 5.68. The number of fused-ring (bicyclic) bond motifs is 1. The molecule has 35 heavy (non-hydrogen) atoms. The Morgan fingerprint density at radius 1 is 1.06 bits per heavy atom. The molecule has 0 spiro atoms. The van der Waals surface area contributed by atoms with Crippen molar-refractivity contribution in [2.75, 3.05) is 26.2 Å². The fourth-order valence-corrected chi connectivity index (χ4v) is 5.74. The summed E-state index contributed by atoms with van der Waals surface area (Å²) in [4.78, 5) is 35.3. The van der Waals surface area contributed by atoms with Crippen molar-refractivity contribution in [3.05, 3.63) is 87.3 Å². The first kappa shape index (κ1) is 23.7. The molecule has 0 bridgehead atoms. The van der Waals surface area contributed by atoms with Crippen molar-refractivity contribution in [2.24, 2.45) is 0 Å². The highest BCUT2D eigenvalue weighted by Crippen LogP contribution is 2.30. The number of carbonyl (C=O) groups excluding carboxylic acids is 1. The van der Waals surface area contributed by atoms with Crippen molar-refractivity contribution >= 4 is 33.8 Å². The molecular formula is C26H26ClN5O2S. The van der Waals surface area contributed by atoms with Crippen molar-refractivity contribution in [2.45, 2.75) is 25.8 Å². The second-order valence-electron chi connectivity index (χ2n) is 8.64. The summed E-state index contributed by atoms with van der Waals surface area (Å²) in [6, 6.07) is 19.0. The Balaban J connectivity index is 1.26. The molecule has 4 aromatic rings. The number of piperazine rings is 1. The molecule has 0 N–H and O–H groups in total. The Bertz CT molecular complexity index is 1400. The molecule has 0 saturated carbocycles. The van der Waals surface area contributed by atoms with Crippen LogP contribution in [0, 0.1) is 0 Å². The van der Waals surface area contributed by atoms with Crippen LogP contribution in [0.5, 0.6) is 0 Å². The van der Waals surface area contributed by atoms with Gasteiger partial charge in [-0.2, -0.15) is 9.61 Å². The lowest BCUT2D eigenvalue weighted by molar-refractivity contribution is -0.134. The van der Waals surface area contributed by atoms with Gasteiger partial charge in [0.15, 0.2) is 0 Å². The van der Waals surface area contributed by atoms with E-state index in [1.807, 2.05) is 53.4 Å². The minimum absolute atomic E-state index is 0.106. The van der Waals surface area contributed by atoms with E-state index in [4.69, 9.17) is 16.6 Å². The summed E-state index contributed by atoms with van der Waals surface area (Å²) in [5.74, 6) is 0.0819. The number of aromatic nitrogens is 3. The van der Waals surface area contributed by atoms with Gasteiger partial charge >= 0.3 is 0 Å². The van der Waals surface area contributed by atoms with Crippen LogP contribution in [-0.4, -0.2) is 56.5 Å². The van der Waals surface area contributed by atoms with Gasteiger partial charge in [0.1, 0.15) is 5.01 Å². The lowest BCUT2D eigenvalue weighted by Crippen LogP contribution is -2.49. The zero-order valence-electron chi connectivity index (χ0n) is 19.4. The molecule has 0 radical (unpaired) electrons. The molecule has 180 valence electrons. The Morgan fingerprint density at radius 2 is 1.77 bits per heavy atom. The van der Waals surface area contributed by atoms with E-state index in [1.54, 1.807) is 12.1 Å². The highest BCUT2D eigenvalue weighted by molar-refractivity contribution is 7.19. The standard InChI is InChI=1S/C26H26ClN5O2S/c1-2-20(18-8-4-3-5-9-18)25(34)31-14-12-30(13-15-31)17-19-16-23(33)32-26(28-19)35-24(29-32)21-10-6-7-11-22(21)27/h3-11,16,20H,2,12-15,17H2,1H3/t20-/m0/s1. The maximum Gasteiger partial charge on any atom is 0.275 e. The normalized spacial score (nSPS) is 15.4. The number of amides is 1. The predicted molar refractivity (Wildman–Crippen MR) is 139 cm³/mol. The van der Waals surface area contributed by atoms with Crippen molar-refractivity contribution < 1.29 is 4.79 Å². The topological polar surface area (TPSA) is 70.8 Å². The van der Waals surface area contributed by atoms with E-state index < -0.39 is 0 Å². The van der Waals surface area contributed by atoms with Gasteiger partial charge in [-0.05, 0) is 18.1 Å². The third-order valence-corrected chi connectivity index (χ3v) is 7.65. The Hall–Kier alpha value is -3.07. The van der Waals surface area contributed by atoms with E-state index in [9.17, 15) is 9.59 Å². The molecule has 5 rings (SSSR count). The van der Waals surface area contributed by atoms with Gasteiger partial charge in [0.05, 0.1) is 16.6 Å². The summed E-state index contributed by atoms with van der Waals surface area (Å²) in [7, 11) is 0. The molecule has 1 saturated heterocycles. The smallest absolute Gasteiger partial charge is 0.275 e. The van der Waals surface area contributed by atoms with Crippen LogP contribution in [0.2, 0.25) is 5.02 Å². The molecule has 0 unspecified atom stereocenters. The maximum absolute atomic E-state index is 13.2. The summed E-state index contributed by atoms with van der Waals surface area (Å²) in [6.45, 7) is 5.43. The van der Waals surface area contributed by atoms with Gasteiger partial charge in [0, 0.05) is 44.4 Å². The third kappa shape index (κ3) is 5.00. The van der Waals surface area contributed by atoms with Crippen LogP contribution >= 0.6 is 22.9 Å². The van der Waals surface area contributed by atoms with Gasteiger partial charge in [0.2, 0.25) is 10.9 Å². The minimum atomic E-state index is -0.206. The summed E-state index contributed by atoms with van der Waals surface area (Å²) in [5.41, 5.74) is 2.36. The summed E-state index contributed by atoms with van der Waals surface area (Å²) in [6.07, 6.45) is 0.780. The highest BCUT2D eigenvalue weighted by Gasteiger charge is 2.27. The van der Waals surface area contributed by atoms with E-state index in [-0.39, 0.29) is 17.4 Å². The number of hydrogen-bond donors (Lipinski definition) is 0. The molecular weight excluding hydrogens is 482 g/mol. The zero-order chi connectivity index (χ0) is 24.4. The maximum atomic E-state index is 13.2. The first-order valence-electron chi connectivity index (χ1n) is 11.7. The van der Waals surface area contributed by atoms with Crippen LogP contribution in [-0.2, 0) is 11.3 Å². The predicted octanol–water partition coefficient (Wildman–Crippen LogP) is 4.31. The fraction of sp³-hybridized carbons (Fsp3) is 0.308. The van der Waals surface area contributed by atoms with E-state index >= 15 is 0 Å². The molecule has 1 atom stereocenters. The first-order valence-corrected chi connectivity index (χ1v) is 12.9. The molecule has 1 aliphatic heterocycles. The zero-order valence-corrected chi connectivity index (χ0v) is 21.0. The molecule has 1 amide bonds. The van der Waals surface area contributed by atoms with Gasteiger partial charge < -0.3 is 4.90 Å². The summed E-state index contributed by atoms with van der Waals surface area (Å²) < 4.78 is 1.33. The molecule has 1 fully saturated rings. The second kappa shape index (κ2) is 10.3. The number of rotatable bonds is 6. The fourth-order valence-electron chi connectivity index (χ4n) is 4.49. The third-order valence-electron chi connectivity index (χ3n) is 6.38. The molecule has 1 aliphatic rings. The van der Waals surface area contributed by atoms with E-state index in [2.05, 4.69) is 16.9 Å². The lowest BCUT2D eigenvalue weighted by atomic mass is 9.95. The van der Waals surface area contributed by atoms with E-state index in [0.717, 1.165) is 30.6 Å². The Kier molecular flexibility index (Phi) is 6.95. The number of nitrogens with zero attached hydrogens (tertiary/aromatic N) is 5. The van der Waals surface area contributed by atoms with E-state index in [0.29, 0.717) is 40.3 Å². The molecule has 2 aromatic carbocycles. The van der Waals surface area contributed by atoms with Crippen molar-refractivity contribution in [1.29, 1.82) is 0 Å². The van der Waals surface area contributed by atoms with E-state index in [1.165, 1.54) is 15.9 Å². The number of benzene rings is 2. The molecule has 7 nitrogen and oxygen atoms in total. The van der Waals surface area contributed by atoms with Gasteiger partial charge in [0.25, 0.3) is 5.56 Å². The minimum Gasteiger partial charge on any atom is -0.340 e.